The van der Waals surface area contributed by atoms with Crippen LogP contribution in [0.15, 0.2) is 24.7 Å². The lowest BCUT2D eigenvalue weighted by Crippen LogP contribution is -2.44. The van der Waals surface area contributed by atoms with Gasteiger partial charge in [-0.25, -0.2) is 4.79 Å². The molecule has 1 aliphatic carbocycles. The number of rotatable bonds is 2. The van der Waals surface area contributed by atoms with E-state index in [-0.39, 0.29) is 17.1 Å². The van der Waals surface area contributed by atoms with Gasteiger partial charge in [-0.05, 0) is 37.2 Å². The summed E-state index contributed by atoms with van der Waals surface area (Å²) in [5.74, 6) is 0. The fourth-order valence-electron chi connectivity index (χ4n) is 4.07. The molecule has 2 atom stereocenters. The molecule has 22 heavy (non-hydrogen) atoms. The Morgan fingerprint density at radius 3 is 3.14 bits per heavy atom. The largest absolute Gasteiger partial charge is 0.441 e. The van der Waals surface area contributed by atoms with Gasteiger partial charge < -0.3 is 10.1 Å². The van der Waals surface area contributed by atoms with Gasteiger partial charge in [-0.1, -0.05) is 6.92 Å². The van der Waals surface area contributed by atoms with Gasteiger partial charge in [0, 0.05) is 18.1 Å². The predicted octanol–water partition coefficient (Wildman–Crippen LogP) is 2.49. The summed E-state index contributed by atoms with van der Waals surface area (Å²) in [6.45, 7) is 3.72. The van der Waals surface area contributed by atoms with Gasteiger partial charge in [-0.3, -0.25) is 9.67 Å². The molecule has 6 nitrogen and oxygen atoms in total. The quantitative estimate of drug-likeness (QED) is 0.925. The van der Waals surface area contributed by atoms with Crippen LogP contribution in [0.4, 0.5) is 4.79 Å². The lowest BCUT2D eigenvalue weighted by atomic mass is 9.68. The first-order valence-electron chi connectivity index (χ1n) is 7.80. The van der Waals surface area contributed by atoms with Crippen LogP contribution < -0.4 is 5.32 Å². The Balaban J connectivity index is 1.60. The average molecular weight is 300 g/mol. The molecule has 116 valence electrons. The van der Waals surface area contributed by atoms with Crippen molar-refractivity contribution in [3.63, 3.8) is 0 Å². The summed E-state index contributed by atoms with van der Waals surface area (Å²) < 4.78 is 7.63. The molecule has 1 unspecified atom stereocenters. The SMILES string of the molecule is C[C@]1(Cn2ncc3ccncc32)CCCC2(CNC(=O)O2)C1. The fourth-order valence-corrected chi connectivity index (χ4v) is 4.07. The normalized spacial score (nSPS) is 31.4. The molecule has 2 fully saturated rings. The third-order valence-corrected chi connectivity index (χ3v) is 5.00. The number of carbonyl (C=O) groups excluding carboxylic acids is 1. The first-order chi connectivity index (χ1) is 10.6. The third-order valence-electron chi connectivity index (χ3n) is 5.00. The molecule has 0 radical (unpaired) electrons. The summed E-state index contributed by atoms with van der Waals surface area (Å²) in [6.07, 6.45) is 9.27. The van der Waals surface area contributed by atoms with Gasteiger partial charge in [-0.2, -0.15) is 5.10 Å². The van der Waals surface area contributed by atoms with E-state index < -0.39 is 0 Å². The highest BCUT2D eigenvalue weighted by atomic mass is 16.6. The Morgan fingerprint density at radius 1 is 1.41 bits per heavy atom. The van der Waals surface area contributed by atoms with Crippen LogP contribution in [0.25, 0.3) is 10.9 Å². The van der Waals surface area contributed by atoms with E-state index in [0.717, 1.165) is 43.1 Å². The highest BCUT2D eigenvalue weighted by Crippen LogP contribution is 2.45. The molecule has 1 amide bonds. The highest BCUT2D eigenvalue weighted by Gasteiger charge is 2.48. The molecule has 1 saturated carbocycles. The number of alkyl carbamates (subject to hydrolysis) is 1. The number of nitrogens with zero attached hydrogens (tertiary/aromatic N) is 3. The smallest absolute Gasteiger partial charge is 0.407 e. The maximum Gasteiger partial charge on any atom is 0.407 e. The number of carbonyl (C=O) groups is 1. The van der Waals surface area contributed by atoms with Crippen molar-refractivity contribution in [3.8, 4) is 0 Å². The van der Waals surface area contributed by atoms with Crippen LogP contribution in [0.1, 0.15) is 32.6 Å². The third kappa shape index (κ3) is 2.23. The van der Waals surface area contributed by atoms with E-state index in [1.165, 1.54) is 0 Å². The second-order valence-electron chi connectivity index (χ2n) is 7.00. The minimum Gasteiger partial charge on any atom is -0.441 e. The number of ether oxygens (including phenoxy) is 1. The summed E-state index contributed by atoms with van der Waals surface area (Å²) in [7, 11) is 0. The van der Waals surface area contributed by atoms with Crippen LogP contribution in [-0.2, 0) is 11.3 Å². The summed E-state index contributed by atoms with van der Waals surface area (Å²) in [6, 6.07) is 1.98. The number of hydrogen-bond acceptors (Lipinski definition) is 4. The Kier molecular flexibility index (Phi) is 2.89. The maximum atomic E-state index is 11.5. The van der Waals surface area contributed by atoms with Gasteiger partial charge in [0.05, 0.1) is 24.5 Å². The first-order valence-corrected chi connectivity index (χ1v) is 7.80. The number of pyridine rings is 1. The van der Waals surface area contributed by atoms with E-state index in [1.807, 2.05) is 23.1 Å². The molecular weight excluding hydrogens is 280 g/mol. The Morgan fingerprint density at radius 2 is 2.32 bits per heavy atom. The Labute approximate surface area is 128 Å². The molecule has 0 bridgehead atoms. The first kappa shape index (κ1) is 13.5. The molecule has 0 aromatic carbocycles. The minimum absolute atomic E-state index is 0.0688. The van der Waals surface area contributed by atoms with Crippen molar-refractivity contribution in [3.05, 3.63) is 24.7 Å². The van der Waals surface area contributed by atoms with Crippen molar-refractivity contribution in [2.24, 2.45) is 5.41 Å². The number of amides is 1. The monoisotopic (exact) mass is 300 g/mol. The predicted molar refractivity (Wildman–Crippen MR) is 81.3 cm³/mol. The molecule has 1 aliphatic heterocycles. The maximum absolute atomic E-state index is 11.5. The van der Waals surface area contributed by atoms with Gasteiger partial charge in [0.15, 0.2) is 0 Å². The number of fused-ring (bicyclic) bond motifs is 1. The molecule has 2 aliphatic rings. The number of aromatic nitrogens is 3. The van der Waals surface area contributed by atoms with E-state index in [9.17, 15) is 4.79 Å². The van der Waals surface area contributed by atoms with Gasteiger partial charge in [0.25, 0.3) is 0 Å². The van der Waals surface area contributed by atoms with E-state index >= 15 is 0 Å². The molecule has 1 N–H and O–H groups in total. The van der Waals surface area contributed by atoms with Crippen LogP contribution in [0.2, 0.25) is 0 Å². The van der Waals surface area contributed by atoms with Crippen molar-refractivity contribution >= 4 is 17.0 Å². The zero-order valence-electron chi connectivity index (χ0n) is 12.7. The average Bonchev–Trinajstić information content (AvgIpc) is 3.03. The molecule has 4 rings (SSSR count). The summed E-state index contributed by atoms with van der Waals surface area (Å²) in [5.41, 5.74) is 0.801. The van der Waals surface area contributed by atoms with Crippen molar-refractivity contribution < 1.29 is 9.53 Å². The zero-order chi connectivity index (χ0) is 15.2. The lowest BCUT2D eigenvalue weighted by molar-refractivity contribution is -0.0275. The lowest BCUT2D eigenvalue weighted by Gasteiger charge is -2.42. The summed E-state index contributed by atoms with van der Waals surface area (Å²) >= 11 is 0. The van der Waals surface area contributed by atoms with Crippen molar-refractivity contribution in [2.45, 2.75) is 44.8 Å². The molecule has 2 aromatic heterocycles. The molecular formula is C16H20N4O2. The number of hydrogen-bond donors (Lipinski definition) is 1. The fraction of sp³-hybridized carbons (Fsp3) is 0.562. The highest BCUT2D eigenvalue weighted by molar-refractivity contribution is 5.77. The van der Waals surface area contributed by atoms with E-state index in [4.69, 9.17) is 4.74 Å². The van der Waals surface area contributed by atoms with Gasteiger partial charge in [0.1, 0.15) is 5.60 Å². The Hall–Kier alpha value is -2.11. The van der Waals surface area contributed by atoms with Crippen LogP contribution in [0.5, 0.6) is 0 Å². The summed E-state index contributed by atoms with van der Waals surface area (Å²) in [5, 5.41) is 8.44. The molecule has 2 aromatic rings. The molecule has 1 saturated heterocycles. The van der Waals surface area contributed by atoms with Crippen LogP contribution >= 0.6 is 0 Å². The van der Waals surface area contributed by atoms with Crippen LogP contribution in [-0.4, -0.2) is 33.0 Å². The van der Waals surface area contributed by atoms with Crippen molar-refractivity contribution in [1.29, 1.82) is 0 Å². The molecule has 3 heterocycles. The van der Waals surface area contributed by atoms with E-state index in [0.29, 0.717) is 6.54 Å². The second kappa shape index (κ2) is 4.69. The minimum atomic E-state index is -0.328. The van der Waals surface area contributed by atoms with Crippen LogP contribution in [0, 0.1) is 5.41 Å². The van der Waals surface area contributed by atoms with Gasteiger partial charge in [-0.15, -0.1) is 0 Å². The van der Waals surface area contributed by atoms with E-state index in [1.54, 1.807) is 6.20 Å². The van der Waals surface area contributed by atoms with Crippen molar-refractivity contribution in [2.75, 3.05) is 6.54 Å². The topological polar surface area (TPSA) is 69.0 Å². The van der Waals surface area contributed by atoms with Crippen LogP contribution in [0.3, 0.4) is 0 Å². The van der Waals surface area contributed by atoms with Crippen molar-refractivity contribution in [1.82, 2.24) is 20.1 Å². The summed E-state index contributed by atoms with van der Waals surface area (Å²) in [4.78, 5) is 15.7. The zero-order valence-corrected chi connectivity index (χ0v) is 12.7. The van der Waals surface area contributed by atoms with E-state index in [2.05, 4.69) is 22.3 Å². The second-order valence-corrected chi connectivity index (χ2v) is 7.00. The molecule has 1 spiro atoms. The standard InChI is InChI=1S/C16H20N4O2/c1-15(4-2-5-16(9-15)10-18-14(21)22-16)11-20-13-8-17-6-3-12(13)7-19-20/h3,6-8H,2,4-5,9-11H2,1H3,(H,18,21)/t15-,16?/m0/s1. The molecule has 6 heteroatoms. The Bertz CT molecular complexity index is 728. The van der Waals surface area contributed by atoms with Gasteiger partial charge >= 0.3 is 6.09 Å². The number of nitrogens with one attached hydrogen (secondary N) is 1. The van der Waals surface area contributed by atoms with Gasteiger partial charge in [0.2, 0.25) is 0 Å².